The van der Waals surface area contributed by atoms with Crippen LogP contribution in [0, 0.1) is 5.92 Å². The topological polar surface area (TPSA) is 108 Å². The maximum absolute atomic E-state index is 11.0. The van der Waals surface area contributed by atoms with Crippen molar-refractivity contribution in [1.82, 2.24) is 24.4 Å². The van der Waals surface area contributed by atoms with Crippen LogP contribution >= 0.6 is 23.4 Å². The lowest BCUT2D eigenvalue weighted by Crippen LogP contribution is -2.32. The average Bonchev–Trinajstić information content (AvgIpc) is 3.17. The number of carbonyl (C=O) groups is 1. The lowest BCUT2D eigenvalue weighted by Gasteiger charge is -2.29. The summed E-state index contributed by atoms with van der Waals surface area (Å²) >= 11 is 7.70. The van der Waals surface area contributed by atoms with Gasteiger partial charge < -0.3 is 24.7 Å². The molecule has 0 unspecified atom stereocenters. The number of benzene rings is 1. The summed E-state index contributed by atoms with van der Waals surface area (Å²) in [5.74, 6) is 2.06. The second kappa shape index (κ2) is 9.83. The molecule has 1 aromatic carbocycles. The lowest BCUT2D eigenvalue weighted by molar-refractivity contribution is -0.119. The normalized spacial score (nSPS) is 14.7. The minimum absolute atomic E-state index is 0.343. The van der Waals surface area contributed by atoms with Crippen molar-refractivity contribution in [3.8, 4) is 11.5 Å². The number of hydrogen-bond acceptors (Lipinski definition) is 8. The number of anilines is 1. The maximum atomic E-state index is 11.0. The SMILES string of the molecule is COc1cc(Sc2nc3c(N)ncnc3n2CCC2CCN(C=O)CC2)c(OC)cc1Cl. The highest BCUT2D eigenvalue weighted by molar-refractivity contribution is 7.99. The third-order valence-electron chi connectivity index (χ3n) is 5.72. The molecule has 11 heteroatoms. The van der Waals surface area contributed by atoms with Gasteiger partial charge in [0.1, 0.15) is 17.8 Å². The van der Waals surface area contributed by atoms with Crippen molar-refractivity contribution < 1.29 is 14.3 Å². The van der Waals surface area contributed by atoms with Gasteiger partial charge in [0.15, 0.2) is 22.1 Å². The first kappa shape index (κ1) is 22.5. The summed E-state index contributed by atoms with van der Waals surface area (Å²) in [7, 11) is 3.17. The van der Waals surface area contributed by atoms with Gasteiger partial charge in [-0.1, -0.05) is 11.6 Å². The zero-order valence-electron chi connectivity index (χ0n) is 18.0. The highest BCUT2D eigenvalue weighted by Crippen LogP contribution is 2.41. The predicted molar refractivity (Wildman–Crippen MR) is 123 cm³/mol. The van der Waals surface area contributed by atoms with Crippen LogP contribution in [0.2, 0.25) is 5.02 Å². The standard InChI is InChI=1S/C21H25ClN6O3S/c1-30-15-10-17(16(31-2)9-14(15)22)32-21-26-18-19(23)24-11-25-20(18)28(21)8-5-13-3-6-27(12-29)7-4-13/h9-13H,3-8H2,1-2H3,(H2,23,24,25). The van der Waals surface area contributed by atoms with Crippen LogP contribution in [0.4, 0.5) is 5.82 Å². The Morgan fingerprint density at radius 3 is 2.66 bits per heavy atom. The molecule has 2 aromatic heterocycles. The Morgan fingerprint density at radius 1 is 1.22 bits per heavy atom. The van der Waals surface area contributed by atoms with Crippen LogP contribution < -0.4 is 15.2 Å². The van der Waals surface area contributed by atoms with Crippen molar-refractivity contribution in [2.24, 2.45) is 5.92 Å². The minimum Gasteiger partial charge on any atom is -0.496 e. The van der Waals surface area contributed by atoms with Gasteiger partial charge in [-0.15, -0.1) is 0 Å². The van der Waals surface area contributed by atoms with E-state index in [4.69, 9.17) is 31.8 Å². The number of fused-ring (bicyclic) bond motifs is 1. The molecule has 1 aliphatic heterocycles. The smallest absolute Gasteiger partial charge is 0.209 e. The number of carbonyl (C=O) groups excluding carboxylic acids is 1. The van der Waals surface area contributed by atoms with Crippen molar-refractivity contribution in [3.05, 3.63) is 23.5 Å². The van der Waals surface area contributed by atoms with E-state index in [1.165, 1.54) is 18.1 Å². The van der Waals surface area contributed by atoms with Crippen molar-refractivity contribution in [3.63, 3.8) is 0 Å². The molecule has 1 amide bonds. The van der Waals surface area contributed by atoms with Crippen LogP contribution in [-0.4, -0.2) is 58.1 Å². The number of halogens is 1. The number of aromatic nitrogens is 4. The first-order valence-corrected chi connectivity index (χ1v) is 11.5. The largest absolute Gasteiger partial charge is 0.496 e. The summed E-state index contributed by atoms with van der Waals surface area (Å²) < 4.78 is 13.0. The summed E-state index contributed by atoms with van der Waals surface area (Å²) in [5, 5.41) is 1.21. The fourth-order valence-corrected chi connectivity index (χ4v) is 5.14. The fraction of sp³-hybridized carbons (Fsp3) is 0.429. The Kier molecular flexibility index (Phi) is 6.90. The molecule has 1 aliphatic rings. The van der Waals surface area contributed by atoms with Gasteiger partial charge in [0.2, 0.25) is 6.41 Å². The summed E-state index contributed by atoms with van der Waals surface area (Å²) in [6, 6.07) is 3.56. The number of piperidine rings is 1. The van der Waals surface area contributed by atoms with E-state index in [9.17, 15) is 4.79 Å². The van der Waals surface area contributed by atoms with Gasteiger partial charge in [0.25, 0.3) is 0 Å². The first-order chi connectivity index (χ1) is 15.5. The van der Waals surface area contributed by atoms with E-state index in [1.807, 2.05) is 11.0 Å². The van der Waals surface area contributed by atoms with E-state index in [2.05, 4.69) is 14.5 Å². The van der Waals surface area contributed by atoms with Gasteiger partial charge in [-0.05, 0) is 43.0 Å². The molecule has 170 valence electrons. The van der Waals surface area contributed by atoms with E-state index in [0.29, 0.717) is 39.4 Å². The molecule has 2 N–H and O–H groups in total. The molecule has 1 fully saturated rings. The molecular formula is C21H25ClN6O3S. The van der Waals surface area contributed by atoms with Gasteiger partial charge in [-0.25, -0.2) is 15.0 Å². The van der Waals surface area contributed by atoms with Crippen molar-refractivity contribution in [2.75, 3.05) is 33.0 Å². The van der Waals surface area contributed by atoms with E-state index in [1.54, 1.807) is 20.3 Å². The predicted octanol–water partition coefficient (Wildman–Crippen LogP) is 3.49. The number of hydrogen-bond donors (Lipinski definition) is 1. The quantitative estimate of drug-likeness (QED) is 0.492. The number of nitrogens with two attached hydrogens (primary N) is 1. The fourth-order valence-electron chi connectivity index (χ4n) is 3.88. The van der Waals surface area contributed by atoms with Crippen molar-refractivity contribution in [1.29, 1.82) is 0 Å². The zero-order chi connectivity index (χ0) is 22.7. The summed E-state index contributed by atoms with van der Waals surface area (Å²) in [4.78, 5) is 26.9. The molecule has 0 aliphatic carbocycles. The number of methoxy groups -OCH3 is 2. The molecule has 1 saturated heterocycles. The van der Waals surface area contributed by atoms with Gasteiger partial charge in [-0.2, -0.15) is 0 Å². The molecule has 3 aromatic rings. The second-order valence-corrected chi connectivity index (χ2v) is 9.01. The lowest BCUT2D eigenvalue weighted by atomic mass is 9.94. The zero-order valence-corrected chi connectivity index (χ0v) is 19.5. The van der Waals surface area contributed by atoms with E-state index < -0.39 is 0 Å². The number of nitrogens with zero attached hydrogens (tertiary/aromatic N) is 5. The molecule has 4 rings (SSSR count). The van der Waals surface area contributed by atoms with Crippen molar-refractivity contribution in [2.45, 2.75) is 35.9 Å². The molecule has 0 atom stereocenters. The Morgan fingerprint density at radius 2 is 1.97 bits per heavy atom. The van der Waals surface area contributed by atoms with Gasteiger partial charge in [-0.3, -0.25) is 4.79 Å². The Labute approximate surface area is 195 Å². The number of rotatable bonds is 8. The monoisotopic (exact) mass is 476 g/mol. The van der Waals surface area contributed by atoms with Gasteiger partial charge >= 0.3 is 0 Å². The maximum Gasteiger partial charge on any atom is 0.209 e. The molecule has 32 heavy (non-hydrogen) atoms. The highest BCUT2D eigenvalue weighted by atomic mass is 35.5. The number of likely N-dealkylation sites (tertiary alicyclic amines) is 1. The number of ether oxygens (including phenoxy) is 2. The van der Waals surface area contributed by atoms with Crippen LogP contribution in [0.5, 0.6) is 11.5 Å². The number of amides is 1. The summed E-state index contributed by atoms with van der Waals surface area (Å²) in [5.41, 5.74) is 7.36. The third kappa shape index (κ3) is 4.56. The molecule has 0 bridgehead atoms. The highest BCUT2D eigenvalue weighted by Gasteiger charge is 2.22. The second-order valence-electron chi connectivity index (χ2n) is 7.59. The molecular weight excluding hydrogens is 452 g/mol. The van der Waals surface area contributed by atoms with Crippen LogP contribution in [0.15, 0.2) is 28.5 Å². The summed E-state index contributed by atoms with van der Waals surface area (Å²) in [6.45, 7) is 2.34. The Bertz CT molecular complexity index is 1120. The van der Waals surface area contributed by atoms with Crippen LogP contribution in [0.25, 0.3) is 11.2 Å². The third-order valence-corrected chi connectivity index (χ3v) is 7.05. The summed E-state index contributed by atoms with van der Waals surface area (Å²) in [6.07, 6.45) is 5.33. The minimum atomic E-state index is 0.343. The number of aryl methyl sites for hydroxylation is 1. The van der Waals surface area contributed by atoms with E-state index in [-0.39, 0.29) is 0 Å². The molecule has 0 radical (unpaired) electrons. The average molecular weight is 477 g/mol. The first-order valence-electron chi connectivity index (χ1n) is 10.3. The van der Waals surface area contributed by atoms with Gasteiger partial charge in [0, 0.05) is 25.7 Å². The molecule has 0 spiro atoms. The molecule has 9 nitrogen and oxygen atoms in total. The number of nitrogen functional groups attached to an aromatic ring is 1. The van der Waals surface area contributed by atoms with Crippen LogP contribution in [0.1, 0.15) is 19.3 Å². The van der Waals surface area contributed by atoms with Gasteiger partial charge in [0.05, 0.1) is 24.1 Å². The van der Waals surface area contributed by atoms with Crippen LogP contribution in [0.3, 0.4) is 0 Å². The number of imidazole rings is 1. The Hall–Kier alpha value is -2.72. The van der Waals surface area contributed by atoms with E-state index in [0.717, 1.165) is 55.4 Å². The Balaban J connectivity index is 1.64. The van der Waals surface area contributed by atoms with Crippen molar-refractivity contribution >= 4 is 46.8 Å². The van der Waals surface area contributed by atoms with Crippen LogP contribution in [-0.2, 0) is 11.3 Å². The molecule has 3 heterocycles. The molecule has 0 saturated carbocycles. The van der Waals surface area contributed by atoms with E-state index >= 15 is 0 Å².